The van der Waals surface area contributed by atoms with Crippen LogP contribution in [0.3, 0.4) is 0 Å². The molecule has 0 radical (unpaired) electrons. The van der Waals surface area contributed by atoms with E-state index >= 15 is 0 Å². The molecule has 4 nitrogen and oxygen atoms in total. The zero-order chi connectivity index (χ0) is 10.3. The molecule has 0 aliphatic carbocycles. The largest absolute Gasteiger partial charge is 0.478 e. The van der Waals surface area contributed by atoms with Crippen LogP contribution in [-0.4, -0.2) is 21.3 Å². The SMILES string of the molecule is Cc1[nH]nc2cc(C(=O)O)cc(Cl)c12. The van der Waals surface area contributed by atoms with Crippen LogP contribution in [0.4, 0.5) is 0 Å². The van der Waals surface area contributed by atoms with Gasteiger partial charge in [0.2, 0.25) is 0 Å². The van der Waals surface area contributed by atoms with Gasteiger partial charge in [-0.25, -0.2) is 4.79 Å². The van der Waals surface area contributed by atoms with Gasteiger partial charge in [-0.3, -0.25) is 5.10 Å². The van der Waals surface area contributed by atoms with Crippen LogP contribution in [0.25, 0.3) is 10.9 Å². The number of rotatable bonds is 1. The van der Waals surface area contributed by atoms with E-state index in [-0.39, 0.29) is 5.56 Å². The molecule has 0 atom stereocenters. The van der Waals surface area contributed by atoms with Crippen molar-refractivity contribution in [1.82, 2.24) is 10.2 Å². The number of aromatic amines is 1. The van der Waals surface area contributed by atoms with E-state index in [1.165, 1.54) is 12.1 Å². The molecule has 0 saturated carbocycles. The highest BCUT2D eigenvalue weighted by Gasteiger charge is 2.11. The third-order valence-corrected chi connectivity index (χ3v) is 2.33. The summed E-state index contributed by atoms with van der Waals surface area (Å²) in [7, 11) is 0. The number of nitrogens with one attached hydrogen (secondary N) is 1. The van der Waals surface area contributed by atoms with E-state index in [1.807, 2.05) is 6.92 Å². The van der Waals surface area contributed by atoms with Gasteiger partial charge in [0.1, 0.15) is 0 Å². The number of H-pyrrole nitrogens is 1. The van der Waals surface area contributed by atoms with Gasteiger partial charge in [0.25, 0.3) is 0 Å². The topological polar surface area (TPSA) is 66.0 Å². The van der Waals surface area contributed by atoms with Gasteiger partial charge in [-0.1, -0.05) is 11.6 Å². The quantitative estimate of drug-likeness (QED) is 0.759. The van der Waals surface area contributed by atoms with Gasteiger partial charge in [-0.05, 0) is 19.1 Å². The number of hydrogen-bond acceptors (Lipinski definition) is 2. The average molecular weight is 211 g/mol. The number of carbonyl (C=O) groups is 1. The fourth-order valence-corrected chi connectivity index (χ4v) is 1.73. The Kier molecular flexibility index (Phi) is 1.93. The molecular formula is C9H7ClN2O2. The molecule has 0 aliphatic rings. The lowest BCUT2D eigenvalue weighted by atomic mass is 10.1. The highest BCUT2D eigenvalue weighted by atomic mass is 35.5. The standard InChI is InChI=1S/C9H7ClN2O2/c1-4-8-6(10)2-5(9(13)14)3-7(8)12-11-4/h2-3H,1H3,(H,11,12)(H,13,14). The van der Waals surface area contributed by atoms with Crippen LogP contribution in [0.2, 0.25) is 5.02 Å². The van der Waals surface area contributed by atoms with E-state index < -0.39 is 5.97 Å². The van der Waals surface area contributed by atoms with Gasteiger partial charge in [-0.15, -0.1) is 0 Å². The summed E-state index contributed by atoms with van der Waals surface area (Å²) in [5.41, 5.74) is 1.56. The van der Waals surface area contributed by atoms with Crippen molar-refractivity contribution in [2.45, 2.75) is 6.92 Å². The Morgan fingerprint density at radius 2 is 2.29 bits per heavy atom. The zero-order valence-corrected chi connectivity index (χ0v) is 8.09. The van der Waals surface area contributed by atoms with Gasteiger partial charge in [-0.2, -0.15) is 5.10 Å². The van der Waals surface area contributed by atoms with E-state index in [0.717, 1.165) is 11.1 Å². The summed E-state index contributed by atoms with van der Waals surface area (Å²) < 4.78 is 0. The van der Waals surface area contributed by atoms with Crippen molar-refractivity contribution in [3.8, 4) is 0 Å². The molecule has 14 heavy (non-hydrogen) atoms. The average Bonchev–Trinajstić information content (AvgIpc) is 2.48. The van der Waals surface area contributed by atoms with Gasteiger partial charge in [0, 0.05) is 11.1 Å². The lowest BCUT2D eigenvalue weighted by Gasteiger charge is -1.97. The Labute approximate surface area is 84.5 Å². The minimum atomic E-state index is -1.01. The van der Waals surface area contributed by atoms with Crippen LogP contribution < -0.4 is 0 Å². The number of aryl methyl sites for hydroxylation is 1. The van der Waals surface area contributed by atoms with Gasteiger partial charge in [0.05, 0.1) is 16.1 Å². The number of aromatic nitrogens is 2. The molecule has 0 bridgehead atoms. The second-order valence-corrected chi connectivity index (χ2v) is 3.41. The second-order valence-electron chi connectivity index (χ2n) is 3.01. The Morgan fingerprint density at radius 3 is 2.93 bits per heavy atom. The Morgan fingerprint density at radius 1 is 1.57 bits per heavy atom. The molecule has 72 valence electrons. The molecule has 1 aromatic heterocycles. The molecule has 0 amide bonds. The maximum atomic E-state index is 10.7. The van der Waals surface area contributed by atoms with Gasteiger partial charge in [0.15, 0.2) is 0 Å². The molecule has 0 fully saturated rings. The third kappa shape index (κ3) is 1.24. The van der Waals surface area contributed by atoms with Crippen molar-refractivity contribution in [3.05, 3.63) is 28.4 Å². The van der Waals surface area contributed by atoms with Gasteiger partial charge >= 0.3 is 5.97 Å². The van der Waals surface area contributed by atoms with Crippen LogP contribution in [0.5, 0.6) is 0 Å². The monoisotopic (exact) mass is 210 g/mol. The molecule has 0 aliphatic heterocycles. The molecule has 5 heteroatoms. The van der Waals surface area contributed by atoms with Crippen molar-refractivity contribution >= 4 is 28.5 Å². The summed E-state index contributed by atoms with van der Waals surface area (Å²) >= 11 is 5.93. The van der Waals surface area contributed by atoms with E-state index in [1.54, 1.807) is 0 Å². The first-order valence-corrected chi connectivity index (χ1v) is 4.35. The highest BCUT2D eigenvalue weighted by molar-refractivity contribution is 6.36. The van der Waals surface area contributed by atoms with Crippen LogP contribution in [0.1, 0.15) is 16.1 Å². The smallest absolute Gasteiger partial charge is 0.335 e. The maximum absolute atomic E-state index is 10.7. The number of carboxylic acid groups (broad SMARTS) is 1. The summed E-state index contributed by atoms with van der Waals surface area (Å²) in [6.07, 6.45) is 0. The van der Waals surface area contributed by atoms with E-state index in [0.29, 0.717) is 10.5 Å². The maximum Gasteiger partial charge on any atom is 0.335 e. The minimum absolute atomic E-state index is 0.147. The summed E-state index contributed by atoms with van der Waals surface area (Å²) in [6.45, 7) is 1.83. The van der Waals surface area contributed by atoms with Crippen molar-refractivity contribution in [1.29, 1.82) is 0 Å². The first kappa shape index (κ1) is 9.02. The lowest BCUT2D eigenvalue weighted by molar-refractivity contribution is 0.0697. The van der Waals surface area contributed by atoms with Crippen LogP contribution in [0, 0.1) is 6.92 Å². The van der Waals surface area contributed by atoms with Crippen molar-refractivity contribution < 1.29 is 9.90 Å². The number of halogens is 1. The van der Waals surface area contributed by atoms with Crippen molar-refractivity contribution in [3.63, 3.8) is 0 Å². The fourth-order valence-electron chi connectivity index (χ4n) is 1.38. The van der Waals surface area contributed by atoms with Crippen LogP contribution >= 0.6 is 11.6 Å². The number of benzene rings is 1. The minimum Gasteiger partial charge on any atom is -0.478 e. The third-order valence-electron chi connectivity index (χ3n) is 2.04. The Bertz CT molecular complexity index is 519. The zero-order valence-electron chi connectivity index (χ0n) is 7.34. The summed E-state index contributed by atoms with van der Waals surface area (Å²) in [6, 6.07) is 2.92. The molecule has 1 aromatic carbocycles. The Balaban J connectivity index is 2.80. The van der Waals surface area contributed by atoms with Crippen LogP contribution in [0.15, 0.2) is 12.1 Å². The van der Waals surface area contributed by atoms with E-state index in [2.05, 4.69) is 10.2 Å². The molecule has 0 unspecified atom stereocenters. The molecule has 2 aromatic rings. The van der Waals surface area contributed by atoms with Crippen molar-refractivity contribution in [2.75, 3.05) is 0 Å². The van der Waals surface area contributed by atoms with Crippen molar-refractivity contribution in [2.24, 2.45) is 0 Å². The lowest BCUT2D eigenvalue weighted by Crippen LogP contribution is -1.95. The predicted molar refractivity (Wildman–Crippen MR) is 52.8 cm³/mol. The predicted octanol–water partition coefficient (Wildman–Crippen LogP) is 2.22. The number of aromatic carboxylic acids is 1. The molecule has 0 spiro atoms. The first-order chi connectivity index (χ1) is 6.59. The summed E-state index contributed by atoms with van der Waals surface area (Å²) in [5, 5.41) is 16.7. The number of fused-ring (bicyclic) bond motifs is 1. The van der Waals surface area contributed by atoms with Gasteiger partial charge < -0.3 is 5.11 Å². The molecule has 0 saturated heterocycles. The molecule has 2 N–H and O–H groups in total. The first-order valence-electron chi connectivity index (χ1n) is 3.97. The van der Waals surface area contributed by atoms with E-state index in [4.69, 9.17) is 16.7 Å². The number of nitrogens with zero attached hydrogens (tertiary/aromatic N) is 1. The summed E-state index contributed by atoms with van der Waals surface area (Å²) in [4.78, 5) is 10.7. The van der Waals surface area contributed by atoms with E-state index in [9.17, 15) is 4.79 Å². The normalized spacial score (nSPS) is 10.7. The molecular weight excluding hydrogens is 204 g/mol. The number of hydrogen-bond donors (Lipinski definition) is 2. The highest BCUT2D eigenvalue weighted by Crippen LogP contribution is 2.26. The number of carboxylic acids is 1. The molecule has 1 heterocycles. The molecule has 2 rings (SSSR count). The fraction of sp³-hybridized carbons (Fsp3) is 0.111. The summed E-state index contributed by atoms with van der Waals surface area (Å²) in [5.74, 6) is -1.01. The van der Waals surface area contributed by atoms with Crippen LogP contribution in [-0.2, 0) is 0 Å². The Hall–Kier alpha value is -1.55. The second kappa shape index (κ2) is 2.99.